The molecule has 2 amide bonds. The van der Waals surface area contributed by atoms with Crippen LogP contribution in [0.4, 0.5) is 9.93 Å². The van der Waals surface area contributed by atoms with Crippen LogP contribution in [0, 0.1) is 0 Å². The highest BCUT2D eigenvalue weighted by Crippen LogP contribution is 2.07. The summed E-state index contributed by atoms with van der Waals surface area (Å²) >= 11 is 1.26. The van der Waals surface area contributed by atoms with Crippen molar-refractivity contribution in [2.75, 3.05) is 5.32 Å². The molecule has 0 aliphatic carbocycles. The highest BCUT2D eigenvalue weighted by molar-refractivity contribution is 7.13. The molecule has 0 unspecified atom stereocenters. The number of rotatable bonds is 3. The minimum absolute atomic E-state index is 0.312. The average molecular weight is 224 g/mol. The van der Waals surface area contributed by atoms with Crippen molar-refractivity contribution >= 4 is 22.5 Å². The van der Waals surface area contributed by atoms with Crippen molar-refractivity contribution in [1.82, 2.24) is 15.5 Å². The van der Waals surface area contributed by atoms with Crippen molar-refractivity contribution in [3.63, 3.8) is 0 Å². The number of nitrogens with zero attached hydrogens (tertiary/aromatic N) is 2. The number of aromatic nitrogens is 2. The molecule has 0 bridgehead atoms. The molecule has 0 aromatic carbocycles. The number of nitrogens with one attached hydrogen (secondary N) is 2. The monoisotopic (exact) mass is 224 g/mol. The van der Waals surface area contributed by atoms with Crippen molar-refractivity contribution in [3.05, 3.63) is 29.7 Å². The highest BCUT2D eigenvalue weighted by Gasteiger charge is 2.03. The lowest BCUT2D eigenvalue weighted by atomic mass is 10.3. The third kappa shape index (κ3) is 2.78. The van der Waals surface area contributed by atoms with E-state index in [0.717, 1.165) is 5.56 Å². The van der Waals surface area contributed by atoms with E-state index in [4.69, 9.17) is 4.42 Å². The van der Waals surface area contributed by atoms with E-state index in [-0.39, 0.29) is 6.03 Å². The van der Waals surface area contributed by atoms with Crippen LogP contribution in [0.1, 0.15) is 5.56 Å². The number of hydrogen-bond acceptors (Lipinski definition) is 5. The van der Waals surface area contributed by atoms with Gasteiger partial charge in [0.15, 0.2) is 0 Å². The maximum absolute atomic E-state index is 11.3. The fourth-order valence-electron chi connectivity index (χ4n) is 0.944. The second-order valence-electron chi connectivity index (χ2n) is 2.68. The molecule has 0 saturated carbocycles. The van der Waals surface area contributed by atoms with E-state index in [0.29, 0.717) is 11.7 Å². The van der Waals surface area contributed by atoms with E-state index >= 15 is 0 Å². The van der Waals surface area contributed by atoms with Gasteiger partial charge in [0.05, 0.1) is 12.5 Å². The van der Waals surface area contributed by atoms with E-state index in [9.17, 15) is 4.79 Å². The predicted molar refractivity (Wildman–Crippen MR) is 54.5 cm³/mol. The fourth-order valence-corrected chi connectivity index (χ4v) is 1.38. The summed E-state index contributed by atoms with van der Waals surface area (Å²) in [7, 11) is 0. The number of amides is 2. The van der Waals surface area contributed by atoms with Crippen molar-refractivity contribution in [2.45, 2.75) is 6.54 Å². The van der Waals surface area contributed by atoms with Crippen molar-refractivity contribution in [2.24, 2.45) is 0 Å². The third-order valence-electron chi connectivity index (χ3n) is 1.61. The van der Waals surface area contributed by atoms with E-state index < -0.39 is 0 Å². The van der Waals surface area contributed by atoms with Crippen LogP contribution in [0.3, 0.4) is 0 Å². The first-order chi connectivity index (χ1) is 7.34. The molecule has 2 heterocycles. The Balaban J connectivity index is 1.78. The summed E-state index contributed by atoms with van der Waals surface area (Å²) in [5, 5.41) is 12.9. The zero-order chi connectivity index (χ0) is 10.5. The molecule has 0 fully saturated rings. The van der Waals surface area contributed by atoms with Gasteiger partial charge in [-0.1, -0.05) is 11.3 Å². The van der Waals surface area contributed by atoms with Gasteiger partial charge in [-0.25, -0.2) is 4.79 Å². The Kier molecular flexibility index (Phi) is 2.93. The minimum atomic E-state index is -0.312. The van der Waals surface area contributed by atoms with Gasteiger partial charge < -0.3 is 9.73 Å². The van der Waals surface area contributed by atoms with Crippen LogP contribution in [-0.4, -0.2) is 16.2 Å². The van der Waals surface area contributed by atoms with Crippen LogP contribution in [0.15, 0.2) is 28.5 Å². The first-order valence-corrected chi connectivity index (χ1v) is 5.04. The van der Waals surface area contributed by atoms with Gasteiger partial charge in [-0.3, -0.25) is 5.32 Å². The Bertz CT molecular complexity index is 412. The van der Waals surface area contributed by atoms with Gasteiger partial charge in [0.2, 0.25) is 5.13 Å². The van der Waals surface area contributed by atoms with Crippen LogP contribution in [0.5, 0.6) is 0 Å². The Morgan fingerprint density at radius 2 is 2.53 bits per heavy atom. The molecule has 0 saturated heterocycles. The molecule has 78 valence electrons. The van der Waals surface area contributed by atoms with E-state index in [2.05, 4.69) is 20.8 Å². The summed E-state index contributed by atoms with van der Waals surface area (Å²) < 4.78 is 4.86. The van der Waals surface area contributed by atoms with Crippen molar-refractivity contribution in [1.29, 1.82) is 0 Å². The van der Waals surface area contributed by atoms with Crippen LogP contribution in [0.2, 0.25) is 0 Å². The second kappa shape index (κ2) is 4.56. The number of urea groups is 1. The zero-order valence-electron chi connectivity index (χ0n) is 7.64. The number of carbonyl (C=O) groups excluding carboxylic acids is 1. The van der Waals surface area contributed by atoms with Crippen LogP contribution in [0.25, 0.3) is 0 Å². The summed E-state index contributed by atoms with van der Waals surface area (Å²) in [6.07, 6.45) is 3.13. The number of carbonyl (C=O) groups is 1. The molecule has 2 N–H and O–H groups in total. The maximum Gasteiger partial charge on any atom is 0.321 e. The van der Waals surface area contributed by atoms with Crippen molar-refractivity contribution < 1.29 is 9.21 Å². The molecule has 0 radical (unpaired) electrons. The molecule has 2 aromatic rings. The lowest BCUT2D eigenvalue weighted by Gasteiger charge is -2.02. The molecule has 2 aromatic heterocycles. The Hall–Kier alpha value is -1.89. The molecular formula is C8H8N4O2S. The number of furan rings is 1. The number of hydrogen-bond donors (Lipinski definition) is 2. The SMILES string of the molecule is O=C(NCc1ccoc1)Nc1nncs1. The van der Waals surface area contributed by atoms with E-state index in [1.54, 1.807) is 24.1 Å². The van der Waals surface area contributed by atoms with Gasteiger partial charge in [-0.05, 0) is 6.07 Å². The molecule has 0 aliphatic rings. The molecular weight excluding hydrogens is 216 g/mol. The standard InChI is InChI=1S/C8H8N4O2S/c13-7(11-8-12-10-5-15-8)9-3-6-1-2-14-4-6/h1-2,4-5H,3H2,(H2,9,11,12,13). The fraction of sp³-hybridized carbons (Fsp3) is 0.125. The first-order valence-electron chi connectivity index (χ1n) is 4.16. The predicted octanol–water partition coefficient (Wildman–Crippen LogP) is 1.45. The van der Waals surface area contributed by atoms with E-state index in [1.807, 2.05) is 0 Å². The average Bonchev–Trinajstić information content (AvgIpc) is 2.86. The molecule has 0 aliphatic heterocycles. The second-order valence-corrected chi connectivity index (χ2v) is 3.52. The molecule has 2 rings (SSSR count). The summed E-state index contributed by atoms with van der Waals surface area (Å²) in [5.74, 6) is 0. The summed E-state index contributed by atoms with van der Waals surface area (Å²) in [5.41, 5.74) is 2.45. The molecule has 15 heavy (non-hydrogen) atoms. The third-order valence-corrected chi connectivity index (χ3v) is 2.22. The Morgan fingerprint density at radius 1 is 1.60 bits per heavy atom. The van der Waals surface area contributed by atoms with Crippen LogP contribution < -0.4 is 10.6 Å². The first kappa shape index (κ1) is 9.66. The summed E-state index contributed by atoms with van der Waals surface area (Å²) in [4.78, 5) is 11.3. The smallest absolute Gasteiger partial charge is 0.321 e. The maximum atomic E-state index is 11.3. The van der Waals surface area contributed by atoms with Gasteiger partial charge in [0.1, 0.15) is 5.51 Å². The van der Waals surface area contributed by atoms with Crippen molar-refractivity contribution in [3.8, 4) is 0 Å². The lowest BCUT2D eigenvalue weighted by molar-refractivity contribution is 0.251. The van der Waals surface area contributed by atoms with E-state index in [1.165, 1.54) is 11.3 Å². The minimum Gasteiger partial charge on any atom is -0.472 e. The molecule has 0 atom stereocenters. The lowest BCUT2D eigenvalue weighted by Crippen LogP contribution is -2.27. The van der Waals surface area contributed by atoms with Crippen LogP contribution in [-0.2, 0) is 6.54 Å². The molecule has 7 heteroatoms. The van der Waals surface area contributed by atoms with Crippen LogP contribution >= 0.6 is 11.3 Å². The Morgan fingerprint density at radius 3 is 3.20 bits per heavy atom. The summed E-state index contributed by atoms with van der Waals surface area (Å²) in [6.45, 7) is 0.418. The normalized spacial score (nSPS) is 9.87. The zero-order valence-corrected chi connectivity index (χ0v) is 8.45. The molecule has 0 spiro atoms. The van der Waals surface area contributed by atoms with Gasteiger partial charge >= 0.3 is 6.03 Å². The topological polar surface area (TPSA) is 80.0 Å². The molecule has 6 nitrogen and oxygen atoms in total. The number of anilines is 1. The van der Waals surface area contributed by atoms with Gasteiger partial charge in [-0.2, -0.15) is 0 Å². The van der Waals surface area contributed by atoms with Gasteiger partial charge in [0.25, 0.3) is 0 Å². The van der Waals surface area contributed by atoms with Gasteiger partial charge in [-0.15, -0.1) is 10.2 Å². The van der Waals surface area contributed by atoms with Gasteiger partial charge in [0, 0.05) is 12.1 Å². The highest BCUT2D eigenvalue weighted by atomic mass is 32.1. The quantitative estimate of drug-likeness (QED) is 0.827. The Labute approximate surface area is 89.3 Å². The summed E-state index contributed by atoms with van der Waals surface area (Å²) in [6, 6.07) is 1.47. The largest absolute Gasteiger partial charge is 0.472 e.